The van der Waals surface area contributed by atoms with Gasteiger partial charge in [-0.1, -0.05) is 19.8 Å². The molecule has 1 saturated heterocycles. The molecule has 4 heteroatoms. The summed E-state index contributed by atoms with van der Waals surface area (Å²) >= 11 is 3.10. The number of carbonyl (C=O) groups excluding carboxylic acids is 1. The molecule has 1 heterocycles. The van der Waals surface area contributed by atoms with Crippen LogP contribution in [-0.2, 0) is 0 Å². The first-order valence-electron chi connectivity index (χ1n) is 6.86. The maximum absolute atomic E-state index is 13.5. The Bertz CT molecular complexity index is 455. The third kappa shape index (κ3) is 3.56. The number of nitrogens with zero attached hydrogens (tertiary/aromatic N) is 1. The quantitative estimate of drug-likeness (QED) is 0.813. The molecule has 1 aliphatic rings. The van der Waals surface area contributed by atoms with Gasteiger partial charge < -0.3 is 4.90 Å². The van der Waals surface area contributed by atoms with Crippen LogP contribution < -0.4 is 0 Å². The van der Waals surface area contributed by atoms with Gasteiger partial charge in [-0.3, -0.25) is 4.79 Å². The maximum Gasteiger partial charge on any atom is 0.253 e. The first-order valence-corrected chi connectivity index (χ1v) is 7.65. The van der Waals surface area contributed by atoms with Crippen molar-refractivity contribution in [1.82, 2.24) is 4.90 Å². The number of amides is 1. The van der Waals surface area contributed by atoms with Gasteiger partial charge in [0.25, 0.3) is 5.91 Å². The van der Waals surface area contributed by atoms with E-state index in [0.29, 0.717) is 10.0 Å². The van der Waals surface area contributed by atoms with E-state index in [2.05, 4.69) is 22.9 Å². The molecular weight excluding hydrogens is 309 g/mol. The van der Waals surface area contributed by atoms with Gasteiger partial charge in [0.1, 0.15) is 5.82 Å². The molecule has 0 atom stereocenters. The van der Waals surface area contributed by atoms with Gasteiger partial charge in [0.15, 0.2) is 0 Å². The van der Waals surface area contributed by atoms with E-state index in [1.807, 2.05) is 4.90 Å². The molecule has 0 aliphatic carbocycles. The SMILES string of the molecule is CCCC1CCN(C(=O)c2ccc(Br)c(F)c2)CC1. The van der Waals surface area contributed by atoms with Crippen molar-refractivity contribution in [2.75, 3.05) is 13.1 Å². The number of hydrogen-bond donors (Lipinski definition) is 0. The Morgan fingerprint density at radius 2 is 2.11 bits per heavy atom. The molecule has 1 fully saturated rings. The van der Waals surface area contributed by atoms with Crippen LogP contribution in [0.2, 0.25) is 0 Å². The molecule has 0 bridgehead atoms. The first kappa shape index (κ1) is 14.5. The highest BCUT2D eigenvalue weighted by molar-refractivity contribution is 9.10. The van der Waals surface area contributed by atoms with Crippen LogP contribution in [0, 0.1) is 11.7 Å². The molecule has 2 nitrogen and oxygen atoms in total. The lowest BCUT2D eigenvalue weighted by Crippen LogP contribution is -2.38. The van der Waals surface area contributed by atoms with E-state index >= 15 is 0 Å². The summed E-state index contributed by atoms with van der Waals surface area (Å²) in [5, 5.41) is 0. The Morgan fingerprint density at radius 3 is 2.68 bits per heavy atom. The summed E-state index contributed by atoms with van der Waals surface area (Å²) in [6, 6.07) is 4.57. The lowest BCUT2D eigenvalue weighted by atomic mass is 9.92. The van der Waals surface area contributed by atoms with Crippen molar-refractivity contribution < 1.29 is 9.18 Å². The zero-order valence-electron chi connectivity index (χ0n) is 11.2. The van der Waals surface area contributed by atoms with Crippen LogP contribution in [0.3, 0.4) is 0 Å². The fourth-order valence-corrected chi connectivity index (χ4v) is 2.89. The highest BCUT2D eigenvalue weighted by Gasteiger charge is 2.23. The molecule has 0 spiro atoms. The lowest BCUT2D eigenvalue weighted by molar-refractivity contribution is 0.0686. The van der Waals surface area contributed by atoms with Gasteiger partial charge in [0.05, 0.1) is 4.47 Å². The summed E-state index contributed by atoms with van der Waals surface area (Å²) in [5.74, 6) is 0.309. The summed E-state index contributed by atoms with van der Waals surface area (Å²) < 4.78 is 13.8. The minimum atomic E-state index is -0.383. The molecule has 2 rings (SSSR count). The summed E-state index contributed by atoms with van der Waals surface area (Å²) in [6.07, 6.45) is 4.59. The number of halogens is 2. The first-order chi connectivity index (χ1) is 9.11. The third-order valence-electron chi connectivity index (χ3n) is 3.77. The van der Waals surface area contributed by atoms with E-state index < -0.39 is 0 Å². The normalized spacial score (nSPS) is 16.7. The van der Waals surface area contributed by atoms with Gasteiger partial charge in [-0.15, -0.1) is 0 Å². The van der Waals surface area contributed by atoms with Gasteiger partial charge in [-0.25, -0.2) is 4.39 Å². The van der Waals surface area contributed by atoms with Crippen molar-refractivity contribution in [3.63, 3.8) is 0 Å². The second kappa shape index (κ2) is 6.51. The van der Waals surface area contributed by atoms with Crippen LogP contribution in [0.5, 0.6) is 0 Å². The molecule has 1 aromatic carbocycles. The fourth-order valence-electron chi connectivity index (χ4n) is 2.64. The molecule has 104 valence electrons. The molecular formula is C15H19BrFNO. The Balaban J connectivity index is 1.99. The van der Waals surface area contributed by atoms with Crippen molar-refractivity contribution in [3.05, 3.63) is 34.1 Å². The largest absolute Gasteiger partial charge is 0.339 e. The van der Waals surface area contributed by atoms with Gasteiger partial charge in [-0.2, -0.15) is 0 Å². The Morgan fingerprint density at radius 1 is 1.42 bits per heavy atom. The highest BCUT2D eigenvalue weighted by Crippen LogP contribution is 2.24. The van der Waals surface area contributed by atoms with Crippen molar-refractivity contribution in [3.8, 4) is 0 Å². The van der Waals surface area contributed by atoms with Crippen molar-refractivity contribution in [2.24, 2.45) is 5.92 Å². The smallest absolute Gasteiger partial charge is 0.253 e. The van der Waals surface area contributed by atoms with E-state index in [9.17, 15) is 9.18 Å². The van der Waals surface area contributed by atoms with E-state index in [1.54, 1.807) is 12.1 Å². The van der Waals surface area contributed by atoms with E-state index in [-0.39, 0.29) is 11.7 Å². The number of hydrogen-bond acceptors (Lipinski definition) is 1. The summed E-state index contributed by atoms with van der Waals surface area (Å²) in [7, 11) is 0. The number of carbonyl (C=O) groups is 1. The average Bonchev–Trinajstić information content (AvgIpc) is 2.42. The second-order valence-electron chi connectivity index (χ2n) is 5.15. The van der Waals surface area contributed by atoms with E-state index in [0.717, 1.165) is 31.8 Å². The third-order valence-corrected chi connectivity index (χ3v) is 4.41. The van der Waals surface area contributed by atoms with Crippen LogP contribution >= 0.6 is 15.9 Å². The summed E-state index contributed by atoms with van der Waals surface area (Å²) in [5.41, 5.74) is 0.439. The van der Waals surface area contributed by atoms with Crippen LogP contribution in [0.25, 0.3) is 0 Å². The van der Waals surface area contributed by atoms with E-state index in [1.165, 1.54) is 18.9 Å². The minimum Gasteiger partial charge on any atom is -0.339 e. The predicted octanol–water partition coefficient (Wildman–Crippen LogP) is 4.24. The number of benzene rings is 1. The zero-order valence-corrected chi connectivity index (χ0v) is 12.7. The van der Waals surface area contributed by atoms with Crippen molar-refractivity contribution in [1.29, 1.82) is 0 Å². The van der Waals surface area contributed by atoms with E-state index in [4.69, 9.17) is 0 Å². The Kier molecular flexibility index (Phi) is 4.97. The molecule has 1 aliphatic heterocycles. The van der Waals surface area contributed by atoms with Crippen LogP contribution in [0.15, 0.2) is 22.7 Å². The molecule has 1 aromatic rings. The van der Waals surface area contributed by atoms with Gasteiger partial charge in [0, 0.05) is 18.7 Å². The standard InChI is InChI=1S/C15H19BrFNO/c1-2-3-11-6-8-18(9-7-11)15(19)12-4-5-13(16)14(17)10-12/h4-5,10-11H,2-3,6-9H2,1H3. The van der Waals surface area contributed by atoms with Crippen LogP contribution in [-0.4, -0.2) is 23.9 Å². The van der Waals surface area contributed by atoms with Gasteiger partial charge >= 0.3 is 0 Å². The monoisotopic (exact) mass is 327 g/mol. The highest BCUT2D eigenvalue weighted by atomic mass is 79.9. The topological polar surface area (TPSA) is 20.3 Å². The average molecular weight is 328 g/mol. The maximum atomic E-state index is 13.5. The van der Waals surface area contributed by atoms with Crippen LogP contribution in [0.4, 0.5) is 4.39 Å². The second-order valence-corrected chi connectivity index (χ2v) is 6.01. The van der Waals surface area contributed by atoms with Crippen molar-refractivity contribution in [2.45, 2.75) is 32.6 Å². The summed E-state index contributed by atoms with van der Waals surface area (Å²) in [6.45, 7) is 3.78. The zero-order chi connectivity index (χ0) is 13.8. The van der Waals surface area contributed by atoms with Crippen molar-refractivity contribution >= 4 is 21.8 Å². The van der Waals surface area contributed by atoms with Gasteiger partial charge in [-0.05, 0) is 52.9 Å². The molecule has 0 aromatic heterocycles. The number of likely N-dealkylation sites (tertiary alicyclic amines) is 1. The molecule has 0 radical (unpaired) electrons. The minimum absolute atomic E-state index is 0.0543. The Labute approximate surface area is 122 Å². The fraction of sp³-hybridized carbons (Fsp3) is 0.533. The molecule has 19 heavy (non-hydrogen) atoms. The number of piperidine rings is 1. The molecule has 0 saturated carbocycles. The summed E-state index contributed by atoms with van der Waals surface area (Å²) in [4.78, 5) is 14.1. The molecule has 0 unspecified atom stereocenters. The molecule has 0 N–H and O–H groups in total. The predicted molar refractivity (Wildman–Crippen MR) is 77.6 cm³/mol. The number of rotatable bonds is 3. The Hall–Kier alpha value is -0.900. The lowest BCUT2D eigenvalue weighted by Gasteiger charge is -2.32. The van der Waals surface area contributed by atoms with Gasteiger partial charge in [0.2, 0.25) is 0 Å². The van der Waals surface area contributed by atoms with Crippen LogP contribution in [0.1, 0.15) is 43.0 Å². The molecule has 1 amide bonds.